The Labute approximate surface area is 206 Å². The molecule has 0 aliphatic heterocycles. The zero-order chi connectivity index (χ0) is 26.6. The third-order valence-electron chi connectivity index (χ3n) is 6.98. The molecule has 190 valence electrons. The number of halogens is 3. The number of alkyl halides is 2. The van der Waals surface area contributed by atoms with Crippen LogP contribution in [0.2, 0.25) is 0 Å². The fourth-order valence-corrected chi connectivity index (χ4v) is 5.10. The Morgan fingerprint density at radius 2 is 1.78 bits per heavy atom. The van der Waals surface area contributed by atoms with Gasteiger partial charge in [-0.2, -0.15) is 0 Å². The molecule has 36 heavy (non-hydrogen) atoms. The molecule has 1 aromatic carbocycles. The Balaban J connectivity index is 1.60. The van der Waals surface area contributed by atoms with Crippen LogP contribution in [0.5, 0.6) is 0 Å². The van der Waals surface area contributed by atoms with Crippen LogP contribution in [0.15, 0.2) is 30.7 Å². The first kappa shape index (κ1) is 25.4. The lowest BCUT2D eigenvalue weighted by Crippen LogP contribution is -2.51. The van der Waals surface area contributed by atoms with E-state index in [9.17, 15) is 27.6 Å². The number of nitrogens with one attached hydrogen (secondary N) is 1. The number of Topliss-reactive ketones (excluding diaryl/α,β-unsaturated/α-hetero) is 2. The van der Waals surface area contributed by atoms with Crippen LogP contribution in [0, 0.1) is 26.6 Å². The average Bonchev–Trinajstić information content (AvgIpc) is 3.30. The number of hydrogen-bond acceptors (Lipinski definition) is 4. The van der Waals surface area contributed by atoms with Crippen molar-refractivity contribution < 1.29 is 27.6 Å². The molecule has 1 aliphatic carbocycles. The van der Waals surface area contributed by atoms with Gasteiger partial charge in [0.25, 0.3) is 5.91 Å². The van der Waals surface area contributed by atoms with Gasteiger partial charge in [-0.25, -0.2) is 18.2 Å². The van der Waals surface area contributed by atoms with Crippen molar-refractivity contribution in [1.82, 2.24) is 14.1 Å². The second kappa shape index (κ2) is 8.76. The van der Waals surface area contributed by atoms with E-state index in [1.54, 1.807) is 45.6 Å². The third-order valence-corrected chi connectivity index (χ3v) is 6.98. The van der Waals surface area contributed by atoms with Crippen molar-refractivity contribution in [2.45, 2.75) is 51.4 Å². The number of carbonyl (C=O) groups excluding carboxylic acids is 3. The van der Waals surface area contributed by atoms with Crippen LogP contribution in [-0.4, -0.2) is 37.5 Å². The van der Waals surface area contributed by atoms with Gasteiger partial charge >= 0.3 is 0 Å². The van der Waals surface area contributed by atoms with Gasteiger partial charge < -0.3 is 14.5 Å². The molecule has 10 heteroatoms. The number of rotatable bonds is 7. The van der Waals surface area contributed by atoms with Crippen LogP contribution in [0.3, 0.4) is 0 Å². The van der Waals surface area contributed by atoms with E-state index in [2.05, 4.69) is 10.3 Å². The number of benzene rings is 1. The van der Waals surface area contributed by atoms with Gasteiger partial charge in [-0.05, 0) is 50.1 Å². The van der Waals surface area contributed by atoms with Gasteiger partial charge in [-0.15, -0.1) is 0 Å². The highest BCUT2D eigenvalue weighted by molar-refractivity contribution is 6.44. The molecule has 1 saturated carbocycles. The van der Waals surface area contributed by atoms with Crippen molar-refractivity contribution in [3.05, 3.63) is 70.3 Å². The molecule has 0 radical (unpaired) electrons. The SMILES string of the molecule is Cc1cc(NC(=O)c2c(C)c(C(=O)C(=O)CC3(c4cn(C)cn4)CC(F)(F)C3)c(C)n2C)ccc1F. The van der Waals surface area contributed by atoms with E-state index < -0.39 is 53.9 Å². The summed E-state index contributed by atoms with van der Waals surface area (Å²) in [5.41, 5.74) is 0.822. The number of amides is 1. The van der Waals surface area contributed by atoms with Crippen molar-refractivity contribution in [3.8, 4) is 0 Å². The minimum atomic E-state index is -2.93. The zero-order valence-electron chi connectivity index (χ0n) is 20.7. The number of imidazole rings is 1. The summed E-state index contributed by atoms with van der Waals surface area (Å²) >= 11 is 0. The predicted octanol–water partition coefficient (Wildman–Crippen LogP) is 4.58. The van der Waals surface area contributed by atoms with Crippen molar-refractivity contribution in [1.29, 1.82) is 0 Å². The summed E-state index contributed by atoms with van der Waals surface area (Å²) in [6, 6.07) is 4.15. The number of aromatic nitrogens is 3. The van der Waals surface area contributed by atoms with Crippen molar-refractivity contribution >= 4 is 23.2 Å². The Kier molecular flexibility index (Phi) is 6.18. The van der Waals surface area contributed by atoms with E-state index in [1.807, 2.05) is 0 Å². The maximum Gasteiger partial charge on any atom is 0.272 e. The lowest BCUT2D eigenvalue weighted by atomic mass is 9.61. The molecule has 1 N–H and O–H groups in total. The fraction of sp³-hybridized carbons (Fsp3) is 0.385. The molecule has 0 atom stereocenters. The largest absolute Gasteiger partial charge is 0.343 e. The Hall–Kier alpha value is -3.69. The van der Waals surface area contributed by atoms with E-state index in [4.69, 9.17) is 0 Å². The lowest BCUT2D eigenvalue weighted by Gasteiger charge is -2.46. The van der Waals surface area contributed by atoms with Gasteiger partial charge in [0, 0.05) is 56.4 Å². The van der Waals surface area contributed by atoms with E-state index in [-0.39, 0.29) is 11.3 Å². The molecule has 4 rings (SSSR count). The first-order valence-electron chi connectivity index (χ1n) is 11.4. The smallest absolute Gasteiger partial charge is 0.272 e. The second-order valence-electron chi connectivity index (χ2n) is 9.75. The van der Waals surface area contributed by atoms with Crippen LogP contribution in [-0.2, 0) is 24.3 Å². The zero-order valence-corrected chi connectivity index (χ0v) is 20.7. The molecule has 2 aromatic heterocycles. The summed E-state index contributed by atoms with van der Waals surface area (Å²) in [5.74, 6) is -5.50. The van der Waals surface area contributed by atoms with Crippen molar-refractivity contribution in [2.24, 2.45) is 14.1 Å². The quantitative estimate of drug-likeness (QED) is 0.380. The molecule has 1 fully saturated rings. The summed E-state index contributed by atoms with van der Waals surface area (Å²) in [7, 11) is 3.29. The minimum Gasteiger partial charge on any atom is -0.343 e. The fourth-order valence-electron chi connectivity index (χ4n) is 5.10. The maximum atomic E-state index is 13.9. The molecule has 7 nitrogen and oxygen atoms in total. The van der Waals surface area contributed by atoms with Crippen LogP contribution in [0.1, 0.15) is 62.6 Å². The molecule has 0 bridgehead atoms. The Morgan fingerprint density at radius 3 is 2.33 bits per heavy atom. The summed E-state index contributed by atoms with van der Waals surface area (Å²) < 4.78 is 44.5. The van der Waals surface area contributed by atoms with E-state index in [0.29, 0.717) is 28.2 Å². The van der Waals surface area contributed by atoms with Crippen LogP contribution in [0.25, 0.3) is 0 Å². The van der Waals surface area contributed by atoms with Crippen molar-refractivity contribution in [3.63, 3.8) is 0 Å². The normalized spacial score (nSPS) is 15.9. The minimum absolute atomic E-state index is 0.0743. The van der Waals surface area contributed by atoms with Gasteiger partial charge in [0.15, 0.2) is 0 Å². The molecule has 0 unspecified atom stereocenters. The number of hydrogen-bond donors (Lipinski definition) is 1. The van der Waals surface area contributed by atoms with Crippen LogP contribution >= 0.6 is 0 Å². The van der Waals surface area contributed by atoms with E-state index in [1.165, 1.54) is 29.1 Å². The van der Waals surface area contributed by atoms with Gasteiger partial charge in [0.1, 0.15) is 11.5 Å². The van der Waals surface area contributed by atoms with Crippen molar-refractivity contribution in [2.75, 3.05) is 5.32 Å². The first-order chi connectivity index (χ1) is 16.7. The van der Waals surface area contributed by atoms with Gasteiger partial charge in [-0.1, -0.05) is 0 Å². The Morgan fingerprint density at radius 1 is 1.11 bits per heavy atom. The summed E-state index contributed by atoms with van der Waals surface area (Å²) in [6.45, 7) is 4.74. The molecule has 1 amide bonds. The van der Waals surface area contributed by atoms with Gasteiger partial charge in [-0.3, -0.25) is 14.4 Å². The van der Waals surface area contributed by atoms with Crippen LogP contribution < -0.4 is 5.32 Å². The average molecular weight is 501 g/mol. The number of anilines is 1. The monoisotopic (exact) mass is 500 g/mol. The topological polar surface area (TPSA) is 86.0 Å². The molecule has 2 heterocycles. The highest BCUT2D eigenvalue weighted by Gasteiger charge is 2.59. The van der Waals surface area contributed by atoms with Crippen LogP contribution in [0.4, 0.5) is 18.9 Å². The first-order valence-corrected chi connectivity index (χ1v) is 11.4. The number of aryl methyl sites for hydroxylation is 2. The number of nitrogens with zero attached hydrogens (tertiary/aromatic N) is 3. The summed E-state index contributed by atoms with van der Waals surface area (Å²) in [4.78, 5) is 43.6. The molecule has 1 aliphatic rings. The Bertz CT molecular complexity index is 1400. The maximum absolute atomic E-state index is 13.9. The van der Waals surface area contributed by atoms with E-state index in [0.717, 1.165) is 0 Å². The van der Waals surface area contributed by atoms with E-state index >= 15 is 0 Å². The lowest BCUT2D eigenvalue weighted by molar-refractivity contribution is -0.139. The molecular weight excluding hydrogens is 473 g/mol. The van der Waals surface area contributed by atoms with Gasteiger partial charge in [0.2, 0.25) is 17.5 Å². The number of ketones is 2. The standard InChI is InChI=1S/C26H27F3N4O3/c1-14-8-17(6-7-18(14)27)31-24(36)22-15(2)21(16(3)33(22)5)23(35)19(34)9-25(11-26(28,29)12-25)20-10-32(4)13-30-20/h6-8,10,13H,9,11-12H2,1-5H3,(H,31,36). The highest BCUT2D eigenvalue weighted by Crippen LogP contribution is 2.55. The number of carbonyl (C=O) groups is 3. The third kappa shape index (κ3) is 4.36. The summed E-state index contributed by atoms with van der Waals surface area (Å²) in [6.07, 6.45) is 1.54. The molecule has 0 spiro atoms. The molecular formula is C26H27F3N4O3. The second-order valence-corrected chi connectivity index (χ2v) is 9.75. The van der Waals surface area contributed by atoms with Gasteiger partial charge in [0.05, 0.1) is 17.6 Å². The predicted molar refractivity (Wildman–Crippen MR) is 127 cm³/mol. The highest BCUT2D eigenvalue weighted by atomic mass is 19.3. The molecule has 0 saturated heterocycles. The summed E-state index contributed by atoms with van der Waals surface area (Å²) in [5, 5.41) is 2.69. The molecule has 3 aromatic rings.